The lowest BCUT2D eigenvalue weighted by Crippen LogP contribution is -2.26. The molecule has 1 saturated carbocycles. The van der Waals surface area contributed by atoms with Crippen molar-refractivity contribution in [1.29, 1.82) is 0 Å². The number of amides is 1. The lowest BCUT2D eigenvalue weighted by atomic mass is 10.0. The van der Waals surface area contributed by atoms with E-state index in [1.54, 1.807) is 12.1 Å². The molecule has 1 heterocycles. The third-order valence-corrected chi connectivity index (χ3v) is 4.64. The fourth-order valence-electron chi connectivity index (χ4n) is 3.12. The average Bonchev–Trinajstić information content (AvgIpc) is 3.02. The van der Waals surface area contributed by atoms with Gasteiger partial charge in [0.1, 0.15) is 5.82 Å². The van der Waals surface area contributed by atoms with Crippen molar-refractivity contribution in [2.24, 2.45) is 5.92 Å². The number of hydrogen-bond acceptors (Lipinski definition) is 2. The number of aryl methyl sites for hydroxylation is 2. The Balaban J connectivity index is 1.69. The first-order valence-electron chi connectivity index (χ1n) is 8.16. The van der Waals surface area contributed by atoms with Crippen molar-refractivity contribution in [1.82, 2.24) is 9.97 Å². The molecule has 0 aliphatic heterocycles. The summed E-state index contributed by atoms with van der Waals surface area (Å²) >= 11 is 0. The molecule has 1 aliphatic rings. The predicted octanol–water partition coefficient (Wildman–Crippen LogP) is 4.46. The van der Waals surface area contributed by atoms with Crippen LogP contribution >= 0.6 is 0 Å². The number of anilines is 1. The molecule has 24 heavy (non-hydrogen) atoms. The highest BCUT2D eigenvalue weighted by Gasteiger charge is 2.44. The van der Waals surface area contributed by atoms with Crippen LogP contribution in [-0.4, -0.2) is 21.8 Å². The molecule has 1 aliphatic carbocycles. The lowest BCUT2D eigenvalue weighted by molar-refractivity contribution is -0.120. The van der Waals surface area contributed by atoms with Gasteiger partial charge in [-0.1, -0.05) is 12.1 Å². The number of rotatable bonds is 4. The van der Waals surface area contributed by atoms with Gasteiger partial charge in [-0.3, -0.25) is 4.79 Å². The highest BCUT2D eigenvalue weighted by molar-refractivity contribution is 5.91. The van der Waals surface area contributed by atoms with E-state index in [0.29, 0.717) is 18.5 Å². The van der Waals surface area contributed by atoms with Crippen LogP contribution in [0.1, 0.15) is 37.1 Å². The number of carbonyl (C=O) groups is 1. The third kappa shape index (κ3) is 3.47. The molecule has 0 spiro atoms. The normalized spacial score (nSPS) is 19.4. The number of imidazole rings is 1. The maximum Gasteiger partial charge on any atom is 0.251 e. The van der Waals surface area contributed by atoms with E-state index < -0.39 is 11.8 Å². The molecule has 2 N–H and O–H groups in total. The summed E-state index contributed by atoms with van der Waals surface area (Å²) in [5, 5.41) is 2.72. The molecule has 0 bridgehead atoms. The lowest BCUT2D eigenvalue weighted by Gasteiger charge is -2.18. The highest BCUT2D eigenvalue weighted by atomic mass is 19.3. The molecule has 1 aromatic heterocycles. The number of alkyl halides is 2. The van der Waals surface area contributed by atoms with Crippen molar-refractivity contribution < 1.29 is 13.6 Å². The zero-order valence-corrected chi connectivity index (χ0v) is 13.8. The summed E-state index contributed by atoms with van der Waals surface area (Å²) in [5.74, 6) is -3.22. The number of carbonyl (C=O) groups excluding carboxylic acids is 1. The van der Waals surface area contributed by atoms with Gasteiger partial charge in [-0.05, 0) is 38.8 Å². The van der Waals surface area contributed by atoms with E-state index in [1.807, 2.05) is 26.0 Å². The van der Waals surface area contributed by atoms with E-state index >= 15 is 0 Å². The summed E-state index contributed by atoms with van der Waals surface area (Å²) in [6.07, 6.45) is 0.636. The second-order valence-corrected chi connectivity index (χ2v) is 6.48. The monoisotopic (exact) mass is 333 g/mol. The molecule has 0 saturated heterocycles. The van der Waals surface area contributed by atoms with Gasteiger partial charge in [0, 0.05) is 35.7 Å². The topological polar surface area (TPSA) is 57.8 Å². The Kier molecular flexibility index (Phi) is 4.39. The van der Waals surface area contributed by atoms with Gasteiger partial charge in [0.05, 0.1) is 5.69 Å². The van der Waals surface area contributed by atoms with Crippen molar-refractivity contribution in [2.75, 3.05) is 5.32 Å². The van der Waals surface area contributed by atoms with Gasteiger partial charge >= 0.3 is 0 Å². The standard InChI is InChI=1S/C18H21F2N3O/c1-11-12(2)22-17(21-11)13-5-3-7-15(9-13)23-16(24)10-14-6-4-8-18(14,19)20/h3,5,7,9,14H,4,6,8,10H2,1-2H3,(H,21,22)(H,23,24). The summed E-state index contributed by atoms with van der Waals surface area (Å²) in [6, 6.07) is 7.24. The minimum Gasteiger partial charge on any atom is -0.342 e. The smallest absolute Gasteiger partial charge is 0.251 e. The second kappa shape index (κ2) is 6.34. The van der Waals surface area contributed by atoms with E-state index in [0.717, 1.165) is 22.8 Å². The number of H-pyrrole nitrogens is 1. The molecule has 3 rings (SSSR count). The first-order chi connectivity index (χ1) is 11.3. The number of nitrogens with zero attached hydrogens (tertiary/aromatic N) is 1. The van der Waals surface area contributed by atoms with Gasteiger partial charge in [0.2, 0.25) is 5.91 Å². The van der Waals surface area contributed by atoms with Crippen molar-refractivity contribution >= 4 is 11.6 Å². The zero-order chi connectivity index (χ0) is 17.3. The first-order valence-corrected chi connectivity index (χ1v) is 8.16. The minimum absolute atomic E-state index is 0.113. The summed E-state index contributed by atoms with van der Waals surface area (Å²) in [7, 11) is 0. The van der Waals surface area contributed by atoms with Crippen LogP contribution in [0, 0.1) is 19.8 Å². The molecule has 4 nitrogen and oxygen atoms in total. The fraction of sp³-hybridized carbons (Fsp3) is 0.444. The number of halogens is 2. The maximum atomic E-state index is 13.6. The van der Waals surface area contributed by atoms with Crippen LogP contribution < -0.4 is 5.32 Å². The van der Waals surface area contributed by atoms with E-state index in [9.17, 15) is 13.6 Å². The van der Waals surface area contributed by atoms with E-state index in [1.165, 1.54) is 0 Å². The summed E-state index contributed by atoms with van der Waals surface area (Å²) < 4.78 is 27.3. The molecule has 1 amide bonds. The van der Waals surface area contributed by atoms with Crippen molar-refractivity contribution in [3.63, 3.8) is 0 Å². The molecule has 0 radical (unpaired) electrons. The SMILES string of the molecule is Cc1nc(-c2cccc(NC(=O)CC3CCCC3(F)F)c2)[nH]c1C. The van der Waals surface area contributed by atoms with Crippen molar-refractivity contribution in [3.05, 3.63) is 35.7 Å². The summed E-state index contributed by atoms with van der Waals surface area (Å²) in [6.45, 7) is 3.86. The van der Waals surface area contributed by atoms with Crippen LogP contribution in [-0.2, 0) is 4.79 Å². The Labute approximate surface area is 139 Å². The summed E-state index contributed by atoms with van der Waals surface area (Å²) in [5.41, 5.74) is 3.34. The van der Waals surface area contributed by atoms with Gasteiger partial charge in [0.25, 0.3) is 5.92 Å². The Hall–Kier alpha value is -2.24. The van der Waals surface area contributed by atoms with Crippen molar-refractivity contribution in [3.8, 4) is 11.4 Å². The largest absolute Gasteiger partial charge is 0.342 e. The molecule has 2 aromatic rings. The first kappa shape index (κ1) is 16.6. The van der Waals surface area contributed by atoms with E-state index in [4.69, 9.17) is 0 Å². The number of aromatic nitrogens is 2. The molecule has 6 heteroatoms. The Bertz CT molecular complexity index is 735. The maximum absolute atomic E-state index is 13.6. The third-order valence-electron chi connectivity index (χ3n) is 4.64. The van der Waals surface area contributed by atoms with Gasteiger partial charge in [0.15, 0.2) is 0 Å². The highest BCUT2D eigenvalue weighted by Crippen LogP contribution is 2.42. The summed E-state index contributed by atoms with van der Waals surface area (Å²) in [4.78, 5) is 19.7. The molecule has 1 fully saturated rings. The number of aromatic amines is 1. The van der Waals surface area contributed by atoms with E-state index in [-0.39, 0.29) is 18.7 Å². The van der Waals surface area contributed by atoms with Gasteiger partial charge in [-0.15, -0.1) is 0 Å². The minimum atomic E-state index is -2.72. The molecular weight excluding hydrogens is 312 g/mol. The van der Waals surface area contributed by atoms with Crippen LogP contribution in [0.5, 0.6) is 0 Å². The Morgan fingerprint density at radius 3 is 2.83 bits per heavy atom. The van der Waals surface area contributed by atoms with Crippen LogP contribution in [0.4, 0.5) is 14.5 Å². The average molecular weight is 333 g/mol. The van der Waals surface area contributed by atoms with Crippen molar-refractivity contribution in [2.45, 2.75) is 45.5 Å². The number of hydrogen-bond donors (Lipinski definition) is 2. The molecule has 128 valence electrons. The second-order valence-electron chi connectivity index (χ2n) is 6.48. The van der Waals surface area contributed by atoms with E-state index in [2.05, 4.69) is 15.3 Å². The molecular formula is C18H21F2N3O. The Morgan fingerprint density at radius 2 is 2.21 bits per heavy atom. The van der Waals surface area contributed by atoms with Gasteiger partial charge < -0.3 is 10.3 Å². The quantitative estimate of drug-likeness (QED) is 0.868. The van der Waals surface area contributed by atoms with Crippen LogP contribution in [0.15, 0.2) is 24.3 Å². The zero-order valence-electron chi connectivity index (χ0n) is 13.8. The van der Waals surface area contributed by atoms with Crippen LogP contribution in [0.2, 0.25) is 0 Å². The number of nitrogens with one attached hydrogen (secondary N) is 2. The van der Waals surface area contributed by atoms with Crippen LogP contribution in [0.25, 0.3) is 11.4 Å². The molecule has 1 unspecified atom stereocenters. The fourth-order valence-corrected chi connectivity index (χ4v) is 3.12. The Morgan fingerprint density at radius 1 is 1.42 bits per heavy atom. The van der Waals surface area contributed by atoms with Gasteiger partial charge in [-0.2, -0.15) is 0 Å². The molecule has 1 aromatic carbocycles. The predicted molar refractivity (Wildman–Crippen MR) is 89.0 cm³/mol. The molecule has 1 atom stereocenters. The van der Waals surface area contributed by atoms with Gasteiger partial charge in [-0.25, -0.2) is 13.8 Å². The van der Waals surface area contributed by atoms with Crippen LogP contribution in [0.3, 0.4) is 0 Å². The number of benzene rings is 1.